The van der Waals surface area contributed by atoms with Crippen molar-refractivity contribution < 1.29 is 0 Å². The predicted molar refractivity (Wildman–Crippen MR) is 84.7 cm³/mol. The Hall–Kier alpha value is -0.860. The highest BCUT2D eigenvalue weighted by Gasteiger charge is 2.14. The molecule has 0 amide bonds. The van der Waals surface area contributed by atoms with E-state index < -0.39 is 0 Å². The summed E-state index contributed by atoms with van der Waals surface area (Å²) in [6.45, 7) is 9.10. The van der Waals surface area contributed by atoms with Crippen LogP contribution in [0, 0.1) is 5.92 Å². The average molecular weight is 262 g/mol. The van der Waals surface area contributed by atoms with Crippen LogP contribution < -0.4 is 5.32 Å². The van der Waals surface area contributed by atoms with Crippen LogP contribution in [-0.2, 0) is 0 Å². The standard InChI is InChI=1S/C17H30N2/c1-14(2)17(13-19(4)5)18-12-11-15(3)16-9-7-6-8-10-16/h6-10,14-15,17-18H,11-13H2,1-5H3. The van der Waals surface area contributed by atoms with E-state index in [2.05, 4.69) is 75.4 Å². The lowest BCUT2D eigenvalue weighted by atomic mass is 9.97. The molecule has 0 aliphatic heterocycles. The van der Waals surface area contributed by atoms with Gasteiger partial charge in [0.15, 0.2) is 0 Å². The fraction of sp³-hybridized carbons (Fsp3) is 0.647. The molecule has 0 heterocycles. The van der Waals surface area contributed by atoms with Crippen LogP contribution in [0.1, 0.15) is 38.7 Å². The van der Waals surface area contributed by atoms with Gasteiger partial charge in [0.05, 0.1) is 0 Å². The molecule has 1 rings (SSSR count). The third-order valence-electron chi connectivity index (χ3n) is 3.72. The van der Waals surface area contributed by atoms with Gasteiger partial charge in [0.25, 0.3) is 0 Å². The first-order valence-corrected chi connectivity index (χ1v) is 7.43. The van der Waals surface area contributed by atoms with Gasteiger partial charge in [-0.1, -0.05) is 51.1 Å². The molecule has 0 aromatic heterocycles. The summed E-state index contributed by atoms with van der Waals surface area (Å²) in [6, 6.07) is 11.4. The van der Waals surface area contributed by atoms with E-state index in [1.165, 1.54) is 12.0 Å². The molecule has 1 aromatic rings. The molecule has 19 heavy (non-hydrogen) atoms. The summed E-state index contributed by atoms with van der Waals surface area (Å²) in [5.41, 5.74) is 1.44. The van der Waals surface area contributed by atoms with Gasteiger partial charge < -0.3 is 10.2 Å². The molecule has 2 nitrogen and oxygen atoms in total. The van der Waals surface area contributed by atoms with Crippen LogP contribution in [0.15, 0.2) is 30.3 Å². The molecule has 2 heteroatoms. The van der Waals surface area contributed by atoms with Gasteiger partial charge >= 0.3 is 0 Å². The smallest absolute Gasteiger partial charge is 0.0217 e. The van der Waals surface area contributed by atoms with Gasteiger partial charge in [-0.3, -0.25) is 0 Å². The minimum Gasteiger partial charge on any atom is -0.312 e. The first kappa shape index (κ1) is 16.2. The number of nitrogens with one attached hydrogen (secondary N) is 1. The molecule has 0 bridgehead atoms. The summed E-state index contributed by atoms with van der Waals surface area (Å²) < 4.78 is 0. The lowest BCUT2D eigenvalue weighted by Gasteiger charge is -2.26. The molecule has 0 aliphatic carbocycles. The number of rotatable bonds is 8. The summed E-state index contributed by atoms with van der Waals surface area (Å²) in [4.78, 5) is 2.26. The second-order valence-corrected chi connectivity index (χ2v) is 6.17. The van der Waals surface area contributed by atoms with Crippen LogP contribution in [0.3, 0.4) is 0 Å². The average Bonchev–Trinajstić information content (AvgIpc) is 2.37. The maximum absolute atomic E-state index is 3.71. The minimum atomic E-state index is 0.581. The quantitative estimate of drug-likeness (QED) is 0.773. The number of benzene rings is 1. The highest BCUT2D eigenvalue weighted by Crippen LogP contribution is 2.17. The minimum absolute atomic E-state index is 0.581. The summed E-state index contributed by atoms with van der Waals surface area (Å²) in [7, 11) is 4.29. The van der Waals surface area contributed by atoms with Crippen LogP contribution in [-0.4, -0.2) is 38.1 Å². The Kier molecular flexibility index (Phi) is 7.11. The van der Waals surface area contributed by atoms with Crippen LogP contribution in [0.4, 0.5) is 0 Å². The summed E-state index contributed by atoms with van der Waals surface area (Å²) in [5, 5.41) is 3.71. The molecule has 0 spiro atoms. The van der Waals surface area contributed by atoms with E-state index >= 15 is 0 Å². The Labute approximate surface area is 119 Å². The Morgan fingerprint density at radius 1 is 1.05 bits per heavy atom. The molecule has 1 N–H and O–H groups in total. The molecule has 2 unspecified atom stereocenters. The Balaban J connectivity index is 2.35. The summed E-state index contributed by atoms with van der Waals surface area (Å²) >= 11 is 0. The fourth-order valence-electron chi connectivity index (χ4n) is 2.34. The molecule has 2 atom stereocenters. The van der Waals surface area contributed by atoms with Gasteiger partial charge in [0.1, 0.15) is 0 Å². The first-order valence-electron chi connectivity index (χ1n) is 7.43. The maximum atomic E-state index is 3.71. The van der Waals surface area contributed by atoms with E-state index in [4.69, 9.17) is 0 Å². The van der Waals surface area contributed by atoms with Crippen LogP contribution in [0.2, 0.25) is 0 Å². The van der Waals surface area contributed by atoms with Crippen LogP contribution in [0.25, 0.3) is 0 Å². The normalized spacial score (nSPS) is 14.9. The van der Waals surface area contributed by atoms with Crippen molar-refractivity contribution in [3.05, 3.63) is 35.9 Å². The van der Waals surface area contributed by atoms with Gasteiger partial charge in [-0.15, -0.1) is 0 Å². The zero-order valence-corrected chi connectivity index (χ0v) is 13.2. The molecule has 0 radical (unpaired) electrons. The fourth-order valence-corrected chi connectivity index (χ4v) is 2.34. The van der Waals surface area contributed by atoms with Gasteiger partial charge in [0.2, 0.25) is 0 Å². The first-order chi connectivity index (χ1) is 9.00. The van der Waals surface area contributed by atoms with E-state index in [-0.39, 0.29) is 0 Å². The van der Waals surface area contributed by atoms with Gasteiger partial charge in [-0.25, -0.2) is 0 Å². The van der Waals surface area contributed by atoms with Gasteiger partial charge in [0, 0.05) is 12.6 Å². The third-order valence-corrected chi connectivity index (χ3v) is 3.72. The zero-order chi connectivity index (χ0) is 14.3. The van der Waals surface area contributed by atoms with E-state index in [1.807, 2.05) is 0 Å². The molecular formula is C17H30N2. The van der Waals surface area contributed by atoms with E-state index in [1.54, 1.807) is 0 Å². The highest BCUT2D eigenvalue weighted by atomic mass is 15.1. The van der Waals surface area contributed by atoms with Crippen molar-refractivity contribution in [2.75, 3.05) is 27.2 Å². The van der Waals surface area contributed by atoms with Crippen molar-refractivity contribution in [2.45, 2.75) is 39.2 Å². The Morgan fingerprint density at radius 3 is 2.21 bits per heavy atom. The van der Waals surface area contributed by atoms with Gasteiger partial charge in [-0.2, -0.15) is 0 Å². The molecule has 0 saturated heterocycles. The van der Waals surface area contributed by atoms with Crippen molar-refractivity contribution in [3.8, 4) is 0 Å². The monoisotopic (exact) mass is 262 g/mol. The third kappa shape index (κ3) is 6.22. The van der Waals surface area contributed by atoms with Crippen molar-refractivity contribution >= 4 is 0 Å². The van der Waals surface area contributed by atoms with E-state index in [0.29, 0.717) is 17.9 Å². The Morgan fingerprint density at radius 2 is 1.68 bits per heavy atom. The predicted octanol–water partition coefficient (Wildman–Crippen LogP) is 3.36. The number of nitrogens with zero attached hydrogens (tertiary/aromatic N) is 1. The highest BCUT2D eigenvalue weighted by molar-refractivity contribution is 5.18. The second kappa shape index (κ2) is 8.34. The summed E-state index contributed by atoms with van der Waals surface area (Å²) in [6.07, 6.45) is 1.20. The SMILES string of the molecule is CC(CCNC(CN(C)C)C(C)C)c1ccccc1. The number of hydrogen-bond donors (Lipinski definition) is 1. The molecule has 0 saturated carbocycles. The van der Waals surface area contributed by atoms with Crippen molar-refractivity contribution in [3.63, 3.8) is 0 Å². The van der Waals surface area contributed by atoms with E-state index in [0.717, 1.165) is 13.1 Å². The van der Waals surface area contributed by atoms with Crippen LogP contribution in [0.5, 0.6) is 0 Å². The van der Waals surface area contributed by atoms with Crippen molar-refractivity contribution in [1.82, 2.24) is 10.2 Å². The molecular weight excluding hydrogens is 232 g/mol. The largest absolute Gasteiger partial charge is 0.312 e. The topological polar surface area (TPSA) is 15.3 Å². The zero-order valence-electron chi connectivity index (χ0n) is 13.2. The van der Waals surface area contributed by atoms with E-state index in [9.17, 15) is 0 Å². The molecule has 0 fully saturated rings. The van der Waals surface area contributed by atoms with Gasteiger partial charge in [-0.05, 0) is 44.5 Å². The lowest BCUT2D eigenvalue weighted by Crippen LogP contribution is -2.42. The van der Waals surface area contributed by atoms with Crippen LogP contribution >= 0.6 is 0 Å². The Bertz CT molecular complexity index is 332. The number of hydrogen-bond acceptors (Lipinski definition) is 2. The van der Waals surface area contributed by atoms with Crippen molar-refractivity contribution in [1.29, 1.82) is 0 Å². The number of likely N-dealkylation sites (N-methyl/N-ethyl adjacent to an activating group) is 1. The molecule has 1 aromatic carbocycles. The van der Waals surface area contributed by atoms with Crippen molar-refractivity contribution in [2.24, 2.45) is 5.92 Å². The molecule has 0 aliphatic rings. The second-order valence-electron chi connectivity index (χ2n) is 6.17. The maximum Gasteiger partial charge on any atom is 0.0217 e. The molecule has 108 valence electrons. The lowest BCUT2D eigenvalue weighted by molar-refractivity contribution is 0.287. The summed E-state index contributed by atoms with van der Waals surface area (Å²) in [5.74, 6) is 1.30.